The topological polar surface area (TPSA) is 38.8 Å². The van der Waals surface area contributed by atoms with Crippen LogP contribution in [0.4, 0.5) is 21.5 Å². The summed E-state index contributed by atoms with van der Waals surface area (Å²) in [4.78, 5) is 18.3. The predicted octanol–water partition coefficient (Wildman–Crippen LogP) is 3.47. The lowest BCUT2D eigenvalue weighted by Gasteiger charge is -2.36. The van der Waals surface area contributed by atoms with Gasteiger partial charge in [0.2, 0.25) is 0 Å². The van der Waals surface area contributed by atoms with Gasteiger partial charge in [-0.05, 0) is 44.2 Å². The minimum absolute atomic E-state index is 0.229. The highest BCUT2D eigenvalue weighted by Gasteiger charge is 2.28. The maximum absolute atomic E-state index is 15.0. The first-order valence-corrected chi connectivity index (χ1v) is 10.4. The molecule has 0 amide bonds. The number of nitrogens with zero attached hydrogens (tertiary/aromatic N) is 3. The van der Waals surface area contributed by atoms with Gasteiger partial charge >= 0.3 is 0 Å². The van der Waals surface area contributed by atoms with Gasteiger partial charge in [-0.25, -0.2) is 4.39 Å². The standard InChI is InChI=1S/C23H29FN4O/c1-26-10-12-27(13-11-26)22-15-23(21(24)14-18(22)17-29)28-9-5-8-20(28)16-25-19-6-3-2-4-7-19/h2-4,6-7,14-15,17,20,25H,5,8-13,16H2,1H3/t20-/m0/s1. The summed E-state index contributed by atoms with van der Waals surface area (Å²) in [6.07, 6.45) is 2.84. The van der Waals surface area contributed by atoms with Gasteiger partial charge in [-0.2, -0.15) is 0 Å². The Morgan fingerprint density at radius 2 is 1.83 bits per heavy atom. The molecule has 2 aromatic rings. The second-order valence-corrected chi connectivity index (χ2v) is 8.01. The predicted molar refractivity (Wildman–Crippen MR) is 117 cm³/mol. The monoisotopic (exact) mass is 396 g/mol. The van der Waals surface area contributed by atoms with Crippen molar-refractivity contribution in [3.63, 3.8) is 0 Å². The molecule has 5 nitrogen and oxygen atoms in total. The second kappa shape index (κ2) is 8.82. The Morgan fingerprint density at radius 3 is 2.55 bits per heavy atom. The zero-order valence-corrected chi connectivity index (χ0v) is 17.0. The normalized spacial score (nSPS) is 20.1. The van der Waals surface area contributed by atoms with Crippen LogP contribution in [0.1, 0.15) is 23.2 Å². The number of anilines is 3. The van der Waals surface area contributed by atoms with Gasteiger partial charge in [0.15, 0.2) is 6.29 Å². The number of hydrogen-bond acceptors (Lipinski definition) is 5. The summed E-state index contributed by atoms with van der Waals surface area (Å²) in [5.74, 6) is -0.309. The van der Waals surface area contributed by atoms with Crippen LogP contribution in [0.15, 0.2) is 42.5 Å². The highest BCUT2D eigenvalue weighted by Crippen LogP contribution is 2.34. The van der Waals surface area contributed by atoms with Crippen molar-refractivity contribution in [1.82, 2.24) is 4.90 Å². The van der Waals surface area contributed by atoms with E-state index in [-0.39, 0.29) is 11.9 Å². The molecule has 6 heteroatoms. The molecule has 1 atom stereocenters. The Balaban J connectivity index is 1.56. The summed E-state index contributed by atoms with van der Waals surface area (Å²) in [6.45, 7) is 5.18. The number of para-hydroxylation sites is 1. The van der Waals surface area contributed by atoms with E-state index in [1.807, 2.05) is 36.4 Å². The lowest BCUT2D eigenvalue weighted by molar-refractivity contribution is 0.112. The first kappa shape index (κ1) is 19.7. The third-order valence-electron chi connectivity index (χ3n) is 6.07. The molecule has 2 aliphatic rings. The van der Waals surface area contributed by atoms with Crippen LogP contribution in [0, 0.1) is 5.82 Å². The van der Waals surface area contributed by atoms with Crippen LogP contribution < -0.4 is 15.1 Å². The molecule has 2 aromatic carbocycles. The van der Waals surface area contributed by atoms with E-state index in [1.165, 1.54) is 6.07 Å². The minimum atomic E-state index is -0.309. The Labute approximate surface area is 172 Å². The molecule has 154 valence electrons. The van der Waals surface area contributed by atoms with Crippen LogP contribution in [0.25, 0.3) is 0 Å². The van der Waals surface area contributed by atoms with E-state index in [0.29, 0.717) is 11.3 Å². The Bertz CT molecular complexity index is 836. The van der Waals surface area contributed by atoms with E-state index in [9.17, 15) is 9.18 Å². The molecule has 0 aliphatic carbocycles. The van der Waals surface area contributed by atoms with Crippen LogP contribution in [0.2, 0.25) is 0 Å². The molecule has 2 heterocycles. The van der Waals surface area contributed by atoms with Gasteiger partial charge < -0.3 is 20.0 Å². The van der Waals surface area contributed by atoms with Crippen LogP contribution in [-0.2, 0) is 0 Å². The summed E-state index contributed by atoms with van der Waals surface area (Å²) < 4.78 is 15.0. The van der Waals surface area contributed by atoms with Crippen molar-refractivity contribution in [3.8, 4) is 0 Å². The number of benzene rings is 2. The van der Waals surface area contributed by atoms with Crippen molar-refractivity contribution in [1.29, 1.82) is 0 Å². The molecular weight excluding hydrogens is 367 g/mol. The van der Waals surface area contributed by atoms with Crippen LogP contribution >= 0.6 is 0 Å². The van der Waals surface area contributed by atoms with Gasteiger partial charge in [0.1, 0.15) is 5.82 Å². The van der Waals surface area contributed by atoms with E-state index in [2.05, 4.69) is 27.1 Å². The van der Waals surface area contributed by atoms with Crippen molar-refractivity contribution < 1.29 is 9.18 Å². The Morgan fingerprint density at radius 1 is 1.07 bits per heavy atom. The zero-order valence-electron chi connectivity index (χ0n) is 17.0. The number of carbonyl (C=O) groups is 1. The fourth-order valence-electron chi connectivity index (χ4n) is 4.36. The highest BCUT2D eigenvalue weighted by atomic mass is 19.1. The Kier molecular flexibility index (Phi) is 6.00. The third kappa shape index (κ3) is 4.37. The molecule has 4 rings (SSSR count). The number of rotatable bonds is 6. The molecule has 2 saturated heterocycles. The molecule has 1 N–H and O–H groups in total. The highest BCUT2D eigenvalue weighted by molar-refractivity contribution is 5.86. The third-order valence-corrected chi connectivity index (χ3v) is 6.07. The van der Waals surface area contributed by atoms with Crippen molar-refractivity contribution in [2.75, 3.05) is 61.4 Å². The lowest BCUT2D eigenvalue weighted by Crippen LogP contribution is -2.45. The van der Waals surface area contributed by atoms with Crippen molar-refractivity contribution in [3.05, 3.63) is 53.8 Å². The fraction of sp³-hybridized carbons (Fsp3) is 0.435. The van der Waals surface area contributed by atoms with Gasteiger partial charge in [0.25, 0.3) is 0 Å². The van der Waals surface area contributed by atoms with Gasteiger partial charge in [-0.3, -0.25) is 4.79 Å². The Hall–Kier alpha value is -2.60. The molecule has 2 fully saturated rings. The maximum atomic E-state index is 15.0. The lowest BCUT2D eigenvalue weighted by atomic mass is 10.1. The largest absolute Gasteiger partial charge is 0.383 e. The molecule has 0 spiro atoms. The summed E-state index contributed by atoms with van der Waals surface area (Å²) in [5.41, 5.74) is 2.98. The molecule has 0 radical (unpaired) electrons. The summed E-state index contributed by atoms with van der Waals surface area (Å²) in [6, 6.07) is 13.6. The number of likely N-dealkylation sites (N-methyl/N-ethyl adjacent to an activating group) is 1. The van der Waals surface area contributed by atoms with Gasteiger partial charge in [-0.15, -0.1) is 0 Å². The van der Waals surface area contributed by atoms with E-state index < -0.39 is 0 Å². The van der Waals surface area contributed by atoms with Crippen molar-refractivity contribution >= 4 is 23.3 Å². The molecule has 0 aromatic heterocycles. The van der Waals surface area contributed by atoms with E-state index in [0.717, 1.165) is 69.8 Å². The number of hydrogen-bond donors (Lipinski definition) is 1. The number of nitrogens with one attached hydrogen (secondary N) is 1. The van der Waals surface area contributed by atoms with Crippen molar-refractivity contribution in [2.24, 2.45) is 0 Å². The number of piperazine rings is 1. The first-order valence-electron chi connectivity index (χ1n) is 10.4. The first-order chi connectivity index (χ1) is 14.2. The van der Waals surface area contributed by atoms with Gasteiger partial charge in [0.05, 0.1) is 5.69 Å². The van der Waals surface area contributed by atoms with E-state index >= 15 is 0 Å². The summed E-state index contributed by atoms with van der Waals surface area (Å²) >= 11 is 0. The number of carbonyl (C=O) groups excluding carboxylic acids is 1. The van der Waals surface area contributed by atoms with Crippen LogP contribution in [0.3, 0.4) is 0 Å². The molecule has 0 bridgehead atoms. The molecule has 0 unspecified atom stereocenters. The summed E-state index contributed by atoms with van der Waals surface area (Å²) in [7, 11) is 2.10. The zero-order chi connectivity index (χ0) is 20.2. The minimum Gasteiger partial charge on any atom is -0.383 e. The van der Waals surface area contributed by atoms with E-state index in [1.54, 1.807) is 0 Å². The number of aldehydes is 1. The maximum Gasteiger partial charge on any atom is 0.152 e. The van der Waals surface area contributed by atoms with Gasteiger partial charge in [0, 0.05) is 62.2 Å². The average Bonchev–Trinajstić information content (AvgIpc) is 3.22. The molecule has 29 heavy (non-hydrogen) atoms. The molecular formula is C23H29FN4O. The second-order valence-electron chi connectivity index (χ2n) is 8.01. The number of halogens is 1. The quantitative estimate of drug-likeness (QED) is 0.757. The van der Waals surface area contributed by atoms with E-state index in [4.69, 9.17) is 0 Å². The van der Waals surface area contributed by atoms with Crippen molar-refractivity contribution in [2.45, 2.75) is 18.9 Å². The fourth-order valence-corrected chi connectivity index (χ4v) is 4.36. The van der Waals surface area contributed by atoms with Crippen LogP contribution in [-0.4, -0.2) is 63.5 Å². The van der Waals surface area contributed by atoms with Crippen LogP contribution in [0.5, 0.6) is 0 Å². The molecule has 2 aliphatic heterocycles. The smallest absolute Gasteiger partial charge is 0.152 e. The summed E-state index contributed by atoms with van der Waals surface area (Å²) in [5, 5.41) is 3.47. The van der Waals surface area contributed by atoms with Gasteiger partial charge in [-0.1, -0.05) is 18.2 Å². The molecule has 0 saturated carbocycles. The SMILES string of the molecule is CN1CCN(c2cc(N3CCC[C@H]3CNc3ccccc3)c(F)cc2C=O)CC1. The average molecular weight is 397 g/mol.